The number of carbonyl (C=O) groups excluding carboxylic acids is 1. The quantitative estimate of drug-likeness (QED) is 0.242. The smallest absolute Gasteiger partial charge is 0.323 e. The molecule has 1 fully saturated rings. The summed E-state index contributed by atoms with van der Waals surface area (Å²) in [7, 11) is 1.44. The molecule has 1 aliphatic heterocycles. The number of rotatable bonds is 4. The first-order valence-corrected chi connectivity index (χ1v) is 5.28. The highest BCUT2D eigenvalue weighted by Crippen LogP contribution is 2.19. The molecule has 1 atom stereocenters. The summed E-state index contributed by atoms with van der Waals surface area (Å²) < 4.78 is 0. The van der Waals surface area contributed by atoms with Crippen LogP contribution in [0.5, 0.6) is 0 Å². The second-order valence-electron chi connectivity index (χ2n) is 4.06. The zero-order valence-electron chi connectivity index (χ0n) is 9.91. The number of azide groups is 1. The number of likely N-dealkylation sites (tertiary alicyclic amines) is 1. The molecule has 1 saturated heterocycles. The van der Waals surface area contributed by atoms with Crippen LogP contribution in [-0.4, -0.2) is 59.4 Å². The summed E-state index contributed by atoms with van der Waals surface area (Å²) in [5, 5.41) is 19.8. The van der Waals surface area contributed by atoms with Crippen LogP contribution < -0.4 is 0 Å². The average molecular weight is 254 g/mol. The number of nitrogens with one attached hydrogen (secondary N) is 1. The highest BCUT2D eigenvalue weighted by molar-refractivity contribution is 5.97. The van der Waals surface area contributed by atoms with Crippen LogP contribution in [-0.2, 0) is 9.59 Å². The molecule has 2 N–H and O–H groups in total. The van der Waals surface area contributed by atoms with Crippen molar-refractivity contribution in [1.82, 2.24) is 9.80 Å². The van der Waals surface area contributed by atoms with E-state index in [0.29, 0.717) is 0 Å². The molecule has 1 unspecified atom stereocenters. The van der Waals surface area contributed by atoms with Gasteiger partial charge in [-0.2, -0.15) is 0 Å². The van der Waals surface area contributed by atoms with E-state index in [1.165, 1.54) is 16.8 Å². The first kappa shape index (κ1) is 13.8. The van der Waals surface area contributed by atoms with Crippen molar-refractivity contribution in [3.8, 4) is 0 Å². The lowest BCUT2D eigenvalue weighted by Crippen LogP contribution is -2.44. The van der Waals surface area contributed by atoms with E-state index in [-0.39, 0.29) is 43.8 Å². The van der Waals surface area contributed by atoms with Crippen LogP contribution in [0.2, 0.25) is 0 Å². The molecule has 0 bridgehead atoms. The molecule has 0 aliphatic carbocycles. The highest BCUT2D eigenvalue weighted by Gasteiger charge is 2.33. The first-order chi connectivity index (χ1) is 8.45. The minimum Gasteiger partial charge on any atom is -0.480 e. The zero-order chi connectivity index (χ0) is 13.7. The lowest BCUT2D eigenvalue weighted by atomic mass is 10.1. The maximum atomic E-state index is 11.7. The van der Waals surface area contributed by atoms with Crippen molar-refractivity contribution in [2.45, 2.75) is 6.42 Å². The molecule has 1 amide bonds. The van der Waals surface area contributed by atoms with Gasteiger partial charge >= 0.3 is 5.97 Å². The molecule has 0 saturated carbocycles. The van der Waals surface area contributed by atoms with Crippen LogP contribution in [0, 0.1) is 11.3 Å². The van der Waals surface area contributed by atoms with Crippen molar-refractivity contribution < 1.29 is 14.7 Å². The standard InChI is InChI=1S/C9H14N6O3/c1-14(5-8(17)18)9(10)15-4-6(2-7(15)16)3-12-13-11/h6,10H,2-5H2,1H3,(H,17,18). The lowest BCUT2D eigenvalue weighted by molar-refractivity contribution is -0.137. The SMILES string of the molecule is CN(CC(=O)O)C(=N)N1CC(CN=[N+]=[N-])CC1=O. The van der Waals surface area contributed by atoms with Crippen LogP contribution in [0.3, 0.4) is 0 Å². The Balaban J connectivity index is 2.61. The average Bonchev–Trinajstić information content (AvgIpc) is 2.66. The van der Waals surface area contributed by atoms with Gasteiger partial charge in [0.15, 0.2) is 0 Å². The topological polar surface area (TPSA) is 133 Å². The number of amides is 1. The Hall–Kier alpha value is -2.28. The Kier molecular flexibility index (Phi) is 4.50. The van der Waals surface area contributed by atoms with E-state index in [9.17, 15) is 9.59 Å². The highest BCUT2D eigenvalue weighted by atomic mass is 16.4. The van der Waals surface area contributed by atoms with Gasteiger partial charge in [0.25, 0.3) is 0 Å². The summed E-state index contributed by atoms with van der Waals surface area (Å²) in [6.07, 6.45) is 0.211. The molecule has 1 rings (SSSR count). The number of guanidine groups is 1. The Morgan fingerprint density at radius 1 is 1.78 bits per heavy atom. The normalized spacial score (nSPS) is 18.4. The number of likely N-dealkylation sites (N-methyl/N-ethyl adjacent to an activating group) is 1. The van der Waals surface area contributed by atoms with Crippen LogP contribution in [0.25, 0.3) is 10.4 Å². The third-order valence-corrected chi connectivity index (χ3v) is 2.60. The summed E-state index contributed by atoms with van der Waals surface area (Å²) in [5.41, 5.74) is 8.20. The first-order valence-electron chi connectivity index (χ1n) is 5.28. The second kappa shape index (κ2) is 5.87. The molecule has 0 spiro atoms. The largest absolute Gasteiger partial charge is 0.480 e. The number of carbonyl (C=O) groups is 2. The number of nitrogens with zero attached hydrogens (tertiary/aromatic N) is 5. The van der Waals surface area contributed by atoms with Crippen molar-refractivity contribution in [1.29, 1.82) is 5.41 Å². The number of hydrogen-bond acceptors (Lipinski definition) is 4. The Labute approximate surface area is 103 Å². The van der Waals surface area contributed by atoms with Crippen LogP contribution >= 0.6 is 0 Å². The van der Waals surface area contributed by atoms with Gasteiger partial charge in [-0.15, -0.1) is 0 Å². The second-order valence-corrected chi connectivity index (χ2v) is 4.06. The van der Waals surface area contributed by atoms with Crippen molar-refractivity contribution in [2.75, 3.05) is 26.7 Å². The van der Waals surface area contributed by atoms with E-state index in [1.54, 1.807) is 0 Å². The van der Waals surface area contributed by atoms with E-state index in [2.05, 4.69) is 10.0 Å². The molecule has 0 aromatic carbocycles. The number of aliphatic carboxylic acids is 1. The van der Waals surface area contributed by atoms with Gasteiger partial charge in [-0.25, -0.2) is 0 Å². The number of carboxylic acids is 1. The van der Waals surface area contributed by atoms with Crippen molar-refractivity contribution >= 4 is 17.8 Å². The Morgan fingerprint density at radius 3 is 3.00 bits per heavy atom. The molecule has 9 heteroatoms. The third-order valence-electron chi connectivity index (χ3n) is 2.60. The van der Waals surface area contributed by atoms with Crippen molar-refractivity contribution in [2.24, 2.45) is 11.0 Å². The Morgan fingerprint density at radius 2 is 2.44 bits per heavy atom. The predicted molar refractivity (Wildman–Crippen MR) is 61.8 cm³/mol. The van der Waals surface area contributed by atoms with Crippen molar-refractivity contribution in [3.63, 3.8) is 0 Å². The fraction of sp³-hybridized carbons (Fsp3) is 0.667. The third kappa shape index (κ3) is 3.36. The van der Waals surface area contributed by atoms with E-state index in [0.717, 1.165) is 0 Å². The molecular weight excluding hydrogens is 240 g/mol. The minimum atomic E-state index is -1.07. The van der Waals surface area contributed by atoms with E-state index < -0.39 is 5.97 Å². The molecule has 0 aromatic rings. The fourth-order valence-corrected chi connectivity index (χ4v) is 1.74. The Bertz CT molecular complexity index is 417. The van der Waals surface area contributed by atoms with Gasteiger partial charge in [0.05, 0.1) is 0 Å². The summed E-state index contributed by atoms with van der Waals surface area (Å²) >= 11 is 0. The fourth-order valence-electron chi connectivity index (χ4n) is 1.74. The van der Waals surface area contributed by atoms with E-state index in [4.69, 9.17) is 16.0 Å². The van der Waals surface area contributed by atoms with Gasteiger partial charge in [0, 0.05) is 31.5 Å². The lowest BCUT2D eigenvalue weighted by Gasteiger charge is -2.25. The molecular formula is C9H14N6O3. The molecule has 18 heavy (non-hydrogen) atoms. The van der Waals surface area contributed by atoms with Crippen LogP contribution in [0.1, 0.15) is 6.42 Å². The number of hydrogen-bond donors (Lipinski definition) is 2. The summed E-state index contributed by atoms with van der Waals surface area (Å²) in [6.45, 7) is 0.138. The molecule has 1 aliphatic rings. The van der Waals surface area contributed by atoms with Gasteiger partial charge in [-0.05, 0) is 11.4 Å². The molecule has 1 heterocycles. The van der Waals surface area contributed by atoms with Gasteiger partial charge in [0.2, 0.25) is 11.9 Å². The minimum absolute atomic E-state index is 0.119. The zero-order valence-corrected chi connectivity index (χ0v) is 9.91. The summed E-state index contributed by atoms with van der Waals surface area (Å²) in [6, 6.07) is 0. The predicted octanol–water partition coefficient (Wildman–Crippen LogP) is 0.0964. The van der Waals surface area contributed by atoms with Crippen LogP contribution in [0.15, 0.2) is 5.11 Å². The molecule has 0 aromatic heterocycles. The van der Waals surface area contributed by atoms with Gasteiger partial charge in [-0.3, -0.25) is 19.9 Å². The summed E-state index contributed by atoms with van der Waals surface area (Å²) in [4.78, 5) is 27.2. The van der Waals surface area contributed by atoms with Gasteiger partial charge in [-0.1, -0.05) is 5.11 Å². The van der Waals surface area contributed by atoms with Gasteiger partial charge < -0.3 is 10.0 Å². The van der Waals surface area contributed by atoms with Crippen LogP contribution in [0.4, 0.5) is 0 Å². The molecule has 9 nitrogen and oxygen atoms in total. The monoisotopic (exact) mass is 254 g/mol. The summed E-state index contributed by atoms with van der Waals surface area (Å²) in [5.74, 6) is -1.59. The van der Waals surface area contributed by atoms with Crippen molar-refractivity contribution in [3.05, 3.63) is 10.4 Å². The molecule has 98 valence electrons. The maximum Gasteiger partial charge on any atom is 0.323 e. The molecule has 0 radical (unpaired) electrons. The maximum absolute atomic E-state index is 11.7. The van der Waals surface area contributed by atoms with Gasteiger partial charge in [0.1, 0.15) is 6.54 Å². The van der Waals surface area contributed by atoms with E-state index >= 15 is 0 Å². The van der Waals surface area contributed by atoms with E-state index in [1.807, 2.05) is 0 Å². The number of carboxylic acid groups (broad SMARTS) is 1.